The predicted molar refractivity (Wildman–Crippen MR) is 81.3 cm³/mol. The largest absolute Gasteiger partial charge is 0.375 e. The number of rotatable bonds is 2. The van der Waals surface area contributed by atoms with E-state index in [9.17, 15) is 4.39 Å². The summed E-state index contributed by atoms with van der Waals surface area (Å²) < 4.78 is 20.0. The van der Waals surface area contributed by atoms with Gasteiger partial charge in [0, 0.05) is 18.2 Å². The Bertz CT molecular complexity index is 456. The first-order chi connectivity index (χ1) is 9.70. The Morgan fingerprint density at radius 2 is 2.05 bits per heavy atom. The van der Waals surface area contributed by atoms with E-state index in [1.54, 1.807) is 6.07 Å². The molecule has 0 aromatic heterocycles. The van der Waals surface area contributed by atoms with Crippen LogP contribution in [-0.2, 0) is 4.74 Å². The minimum atomic E-state index is -0.216. The maximum Gasteiger partial charge on any atom is 0.127 e. The van der Waals surface area contributed by atoms with Crippen molar-refractivity contribution < 1.29 is 9.13 Å². The number of hydrogen-bond acceptors (Lipinski definition) is 3. The van der Waals surface area contributed by atoms with E-state index in [4.69, 9.17) is 10.5 Å². The van der Waals surface area contributed by atoms with Crippen LogP contribution in [0, 0.1) is 11.7 Å². The molecule has 1 spiro atoms. The second-order valence-electron chi connectivity index (χ2n) is 5.94. The molecule has 1 aromatic rings. The van der Waals surface area contributed by atoms with Crippen LogP contribution in [-0.4, -0.2) is 23.7 Å². The van der Waals surface area contributed by atoms with Crippen LogP contribution >= 0.6 is 11.8 Å². The molecule has 2 aliphatic rings. The summed E-state index contributed by atoms with van der Waals surface area (Å²) in [5.74, 6) is 2.48. The third-order valence-electron chi connectivity index (χ3n) is 4.71. The van der Waals surface area contributed by atoms with Crippen LogP contribution in [0.25, 0.3) is 0 Å². The first kappa shape index (κ1) is 14.4. The molecule has 20 heavy (non-hydrogen) atoms. The van der Waals surface area contributed by atoms with Crippen molar-refractivity contribution in [3.05, 3.63) is 35.6 Å². The highest BCUT2D eigenvalue weighted by Gasteiger charge is 2.40. The SMILES string of the molecule is NC(c1ccccc1F)C1CCOC2(CCSCC2)C1. The molecule has 110 valence electrons. The Morgan fingerprint density at radius 1 is 1.30 bits per heavy atom. The number of ether oxygens (including phenoxy) is 1. The zero-order valence-corrected chi connectivity index (χ0v) is 12.5. The van der Waals surface area contributed by atoms with Crippen LogP contribution in [0.4, 0.5) is 4.39 Å². The van der Waals surface area contributed by atoms with Crippen LogP contribution < -0.4 is 5.73 Å². The highest BCUT2D eigenvalue weighted by molar-refractivity contribution is 7.99. The van der Waals surface area contributed by atoms with Crippen LogP contribution in [0.15, 0.2) is 24.3 Å². The minimum absolute atomic E-state index is 0.0110. The summed E-state index contributed by atoms with van der Waals surface area (Å²) in [6.07, 6.45) is 4.13. The van der Waals surface area contributed by atoms with Gasteiger partial charge in [-0.05, 0) is 49.2 Å². The van der Waals surface area contributed by atoms with E-state index >= 15 is 0 Å². The monoisotopic (exact) mass is 295 g/mol. The molecular weight excluding hydrogens is 273 g/mol. The first-order valence-corrected chi connectivity index (χ1v) is 8.57. The molecule has 0 saturated carbocycles. The van der Waals surface area contributed by atoms with Gasteiger partial charge in [-0.1, -0.05) is 18.2 Å². The van der Waals surface area contributed by atoms with Gasteiger partial charge in [-0.3, -0.25) is 0 Å². The van der Waals surface area contributed by atoms with Crippen LogP contribution in [0.3, 0.4) is 0 Å². The lowest BCUT2D eigenvalue weighted by atomic mass is 9.77. The van der Waals surface area contributed by atoms with Crippen LogP contribution in [0.2, 0.25) is 0 Å². The lowest BCUT2D eigenvalue weighted by Crippen LogP contribution is -2.45. The second-order valence-corrected chi connectivity index (χ2v) is 7.17. The molecule has 2 atom stereocenters. The molecule has 2 saturated heterocycles. The maximum atomic E-state index is 13.9. The zero-order chi connectivity index (χ0) is 14.0. The molecule has 2 fully saturated rings. The molecule has 0 radical (unpaired) electrons. The van der Waals surface area contributed by atoms with Gasteiger partial charge in [-0.25, -0.2) is 4.39 Å². The molecule has 2 aliphatic heterocycles. The summed E-state index contributed by atoms with van der Waals surface area (Å²) >= 11 is 2.00. The standard InChI is InChI=1S/C16H22FNOS/c17-14-4-2-1-3-13(14)15(18)12-5-8-19-16(11-12)6-9-20-10-7-16/h1-4,12,15H,5-11,18H2. The summed E-state index contributed by atoms with van der Waals surface area (Å²) in [6.45, 7) is 0.761. The molecule has 2 nitrogen and oxygen atoms in total. The summed E-state index contributed by atoms with van der Waals surface area (Å²) in [4.78, 5) is 0. The van der Waals surface area contributed by atoms with Crippen molar-refractivity contribution in [1.29, 1.82) is 0 Å². The molecule has 2 heterocycles. The van der Waals surface area contributed by atoms with Crippen molar-refractivity contribution in [2.24, 2.45) is 11.7 Å². The van der Waals surface area contributed by atoms with Crippen LogP contribution in [0.5, 0.6) is 0 Å². The fourth-order valence-corrected chi connectivity index (χ4v) is 4.70. The third-order valence-corrected chi connectivity index (χ3v) is 5.69. The van der Waals surface area contributed by atoms with Gasteiger partial charge in [0.1, 0.15) is 5.82 Å². The highest BCUT2D eigenvalue weighted by atomic mass is 32.2. The minimum Gasteiger partial charge on any atom is -0.375 e. The molecule has 1 aromatic carbocycles. The Kier molecular flexibility index (Phi) is 4.34. The van der Waals surface area contributed by atoms with Crippen molar-refractivity contribution >= 4 is 11.8 Å². The summed E-state index contributed by atoms with van der Waals surface area (Å²) in [5.41, 5.74) is 7.02. The number of hydrogen-bond donors (Lipinski definition) is 1. The van der Waals surface area contributed by atoms with Gasteiger partial charge >= 0.3 is 0 Å². The zero-order valence-electron chi connectivity index (χ0n) is 11.7. The van der Waals surface area contributed by atoms with Crippen molar-refractivity contribution in [3.8, 4) is 0 Å². The quantitative estimate of drug-likeness (QED) is 0.906. The Balaban J connectivity index is 1.75. The van der Waals surface area contributed by atoms with E-state index < -0.39 is 0 Å². The van der Waals surface area contributed by atoms with Gasteiger partial charge < -0.3 is 10.5 Å². The lowest BCUT2D eigenvalue weighted by molar-refractivity contribution is -0.106. The average molecular weight is 295 g/mol. The fourth-order valence-electron chi connectivity index (χ4n) is 3.46. The number of thioether (sulfide) groups is 1. The molecule has 2 N–H and O–H groups in total. The molecule has 0 bridgehead atoms. The van der Waals surface area contributed by atoms with E-state index in [-0.39, 0.29) is 17.5 Å². The second kappa shape index (κ2) is 6.04. The van der Waals surface area contributed by atoms with Crippen molar-refractivity contribution in [2.75, 3.05) is 18.1 Å². The molecule has 0 amide bonds. The summed E-state index contributed by atoms with van der Waals surface area (Å²) in [7, 11) is 0. The number of nitrogens with two attached hydrogens (primary N) is 1. The maximum absolute atomic E-state index is 13.9. The van der Waals surface area contributed by atoms with Gasteiger partial charge in [-0.15, -0.1) is 0 Å². The fraction of sp³-hybridized carbons (Fsp3) is 0.625. The smallest absolute Gasteiger partial charge is 0.127 e. The third kappa shape index (κ3) is 2.87. The van der Waals surface area contributed by atoms with E-state index in [0.717, 1.165) is 32.3 Å². The molecular formula is C16H22FNOS. The summed E-state index contributed by atoms with van der Waals surface area (Å²) in [6, 6.07) is 6.69. The number of halogens is 1. The average Bonchev–Trinajstić information content (AvgIpc) is 2.48. The molecule has 0 aliphatic carbocycles. The van der Waals surface area contributed by atoms with Gasteiger partial charge in [0.05, 0.1) is 5.60 Å². The van der Waals surface area contributed by atoms with Crippen molar-refractivity contribution in [1.82, 2.24) is 0 Å². The van der Waals surface area contributed by atoms with E-state index in [1.165, 1.54) is 17.6 Å². The Labute approximate surface area is 124 Å². The lowest BCUT2D eigenvalue weighted by Gasteiger charge is -2.44. The number of benzene rings is 1. The van der Waals surface area contributed by atoms with Gasteiger partial charge in [-0.2, -0.15) is 11.8 Å². The van der Waals surface area contributed by atoms with E-state index in [1.807, 2.05) is 23.9 Å². The summed E-state index contributed by atoms with van der Waals surface area (Å²) in [5, 5.41) is 0. The highest BCUT2D eigenvalue weighted by Crippen LogP contribution is 2.43. The van der Waals surface area contributed by atoms with Crippen molar-refractivity contribution in [3.63, 3.8) is 0 Å². The first-order valence-electron chi connectivity index (χ1n) is 7.42. The van der Waals surface area contributed by atoms with Crippen molar-refractivity contribution in [2.45, 2.75) is 37.3 Å². The van der Waals surface area contributed by atoms with E-state index in [0.29, 0.717) is 11.5 Å². The molecule has 4 heteroatoms. The van der Waals surface area contributed by atoms with Gasteiger partial charge in [0.2, 0.25) is 0 Å². The molecule has 2 unspecified atom stereocenters. The topological polar surface area (TPSA) is 35.2 Å². The Morgan fingerprint density at radius 3 is 2.80 bits per heavy atom. The van der Waals surface area contributed by atoms with Gasteiger partial charge in [0.15, 0.2) is 0 Å². The Hall–Kier alpha value is -0.580. The molecule has 3 rings (SSSR count). The van der Waals surface area contributed by atoms with E-state index in [2.05, 4.69) is 0 Å². The normalized spacial score (nSPS) is 27.4. The predicted octanol–water partition coefficient (Wildman–Crippen LogP) is 3.52. The van der Waals surface area contributed by atoms with Crippen LogP contribution in [0.1, 0.15) is 37.3 Å². The van der Waals surface area contributed by atoms with Gasteiger partial charge in [0.25, 0.3) is 0 Å².